The van der Waals surface area contributed by atoms with Gasteiger partial charge in [0.05, 0.1) is 25.2 Å². The molecule has 0 saturated heterocycles. The average molecular weight is 259 g/mol. The number of nitriles is 1. The molecule has 19 heavy (non-hydrogen) atoms. The lowest BCUT2D eigenvalue weighted by molar-refractivity contribution is 0.0659. The zero-order valence-electron chi connectivity index (χ0n) is 11.2. The number of nitrogen functional groups attached to an aromatic ring is 1. The van der Waals surface area contributed by atoms with Crippen LogP contribution in [0, 0.1) is 11.3 Å². The van der Waals surface area contributed by atoms with Crippen LogP contribution in [0.5, 0.6) is 0 Å². The first-order valence-electron chi connectivity index (χ1n) is 6.90. The van der Waals surface area contributed by atoms with Crippen LogP contribution in [0.25, 0.3) is 0 Å². The molecule has 0 spiro atoms. The van der Waals surface area contributed by atoms with Gasteiger partial charge in [-0.25, -0.2) is 0 Å². The summed E-state index contributed by atoms with van der Waals surface area (Å²) in [4.78, 5) is 0. The first kappa shape index (κ1) is 13.7. The van der Waals surface area contributed by atoms with Crippen molar-refractivity contribution in [3.63, 3.8) is 0 Å². The number of nitrogens with two attached hydrogens (primary N) is 1. The predicted molar refractivity (Wildman–Crippen MR) is 76.9 cm³/mol. The second-order valence-electron chi connectivity index (χ2n) is 4.95. The minimum Gasteiger partial charge on any atom is -0.398 e. The van der Waals surface area contributed by atoms with Crippen LogP contribution in [0.1, 0.15) is 31.2 Å². The maximum absolute atomic E-state index is 8.72. The fourth-order valence-electron chi connectivity index (χ4n) is 2.43. The van der Waals surface area contributed by atoms with E-state index >= 15 is 0 Å². The van der Waals surface area contributed by atoms with E-state index in [1.54, 1.807) is 0 Å². The summed E-state index contributed by atoms with van der Waals surface area (Å²) in [5.41, 5.74) is 8.36. The SMILES string of the molecule is N#CCc1cc(NCCOC2CCCC2)ccc1N. The largest absolute Gasteiger partial charge is 0.398 e. The number of nitrogens with one attached hydrogen (secondary N) is 1. The van der Waals surface area contributed by atoms with Gasteiger partial charge in [0.25, 0.3) is 0 Å². The first-order chi connectivity index (χ1) is 9.29. The summed E-state index contributed by atoms with van der Waals surface area (Å²) in [7, 11) is 0. The highest BCUT2D eigenvalue weighted by molar-refractivity contribution is 5.57. The van der Waals surface area contributed by atoms with E-state index in [1.165, 1.54) is 25.7 Å². The van der Waals surface area contributed by atoms with Crippen molar-refractivity contribution >= 4 is 11.4 Å². The molecule has 0 atom stereocenters. The van der Waals surface area contributed by atoms with Gasteiger partial charge in [0, 0.05) is 17.9 Å². The molecular weight excluding hydrogens is 238 g/mol. The van der Waals surface area contributed by atoms with Crippen molar-refractivity contribution in [2.45, 2.75) is 38.2 Å². The van der Waals surface area contributed by atoms with Crippen molar-refractivity contribution in [3.8, 4) is 6.07 Å². The maximum atomic E-state index is 8.72. The fraction of sp³-hybridized carbons (Fsp3) is 0.533. The molecule has 3 N–H and O–H groups in total. The highest BCUT2D eigenvalue weighted by atomic mass is 16.5. The number of hydrogen-bond acceptors (Lipinski definition) is 4. The van der Waals surface area contributed by atoms with Gasteiger partial charge in [-0.3, -0.25) is 0 Å². The molecule has 0 radical (unpaired) electrons. The van der Waals surface area contributed by atoms with Crippen LogP contribution >= 0.6 is 0 Å². The van der Waals surface area contributed by atoms with Gasteiger partial charge < -0.3 is 15.8 Å². The predicted octanol–water partition coefficient (Wildman–Crippen LogP) is 2.71. The average Bonchev–Trinajstić information content (AvgIpc) is 2.92. The van der Waals surface area contributed by atoms with Gasteiger partial charge in [0.2, 0.25) is 0 Å². The Morgan fingerprint density at radius 1 is 1.37 bits per heavy atom. The summed E-state index contributed by atoms with van der Waals surface area (Å²) in [5.74, 6) is 0. The summed E-state index contributed by atoms with van der Waals surface area (Å²) < 4.78 is 5.79. The molecule has 102 valence electrons. The molecule has 0 unspecified atom stereocenters. The smallest absolute Gasteiger partial charge is 0.0670 e. The van der Waals surface area contributed by atoms with E-state index in [2.05, 4.69) is 11.4 Å². The van der Waals surface area contributed by atoms with E-state index in [-0.39, 0.29) is 0 Å². The van der Waals surface area contributed by atoms with Gasteiger partial charge >= 0.3 is 0 Å². The zero-order chi connectivity index (χ0) is 13.5. The van der Waals surface area contributed by atoms with Gasteiger partial charge in [-0.1, -0.05) is 12.8 Å². The molecular formula is C15H21N3O. The molecule has 1 aromatic rings. The van der Waals surface area contributed by atoms with Crippen molar-refractivity contribution in [1.82, 2.24) is 0 Å². The van der Waals surface area contributed by atoms with Crippen LogP contribution in [0.4, 0.5) is 11.4 Å². The van der Waals surface area contributed by atoms with E-state index in [0.29, 0.717) is 18.2 Å². The standard InChI is InChI=1S/C15H21N3O/c16-8-7-12-11-13(5-6-15(12)17)18-9-10-19-14-3-1-2-4-14/h5-6,11,14,18H,1-4,7,9-10,17H2. The van der Waals surface area contributed by atoms with Crippen LogP contribution in [0.2, 0.25) is 0 Å². The molecule has 0 amide bonds. The lowest BCUT2D eigenvalue weighted by Crippen LogP contribution is -2.15. The topological polar surface area (TPSA) is 71.1 Å². The molecule has 2 rings (SSSR count). The quantitative estimate of drug-likeness (QED) is 0.608. The Labute approximate surface area is 114 Å². The Hall–Kier alpha value is -1.73. The molecule has 1 fully saturated rings. The van der Waals surface area contributed by atoms with Crippen LogP contribution < -0.4 is 11.1 Å². The highest BCUT2D eigenvalue weighted by Gasteiger charge is 2.14. The van der Waals surface area contributed by atoms with E-state index in [4.69, 9.17) is 15.7 Å². The van der Waals surface area contributed by atoms with E-state index in [1.807, 2.05) is 18.2 Å². The highest BCUT2D eigenvalue weighted by Crippen LogP contribution is 2.21. The lowest BCUT2D eigenvalue weighted by atomic mass is 10.1. The molecule has 0 bridgehead atoms. The van der Waals surface area contributed by atoms with Crippen molar-refractivity contribution < 1.29 is 4.74 Å². The van der Waals surface area contributed by atoms with E-state index in [0.717, 1.165) is 24.4 Å². The third-order valence-electron chi connectivity index (χ3n) is 3.50. The molecule has 1 aliphatic carbocycles. The van der Waals surface area contributed by atoms with Crippen LogP contribution in [0.3, 0.4) is 0 Å². The molecule has 0 heterocycles. The summed E-state index contributed by atoms with van der Waals surface area (Å²) in [6.07, 6.45) is 5.81. The number of rotatable bonds is 6. The minimum absolute atomic E-state index is 0.347. The Bertz CT molecular complexity index is 447. The summed E-state index contributed by atoms with van der Waals surface area (Å²) in [6, 6.07) is 7.84. The molecule has 1 aliphatic rings. The summed E-state index contributed by atoms with van der Waals surface area (Å²) >= 11 is 0. The molecule has 4 nitrogen and oxygen atoms in total. The number of ether oxygens (including phenoxy) is 1. The number of benzene rings is 1. The van der Waals surface area contributed by atoms with Crippen molar-refractivity contribution in [3.05, 3.63) is 23.8 Å². The number of hydrogen-bond donors (Lipinski definition) is 2. The molecule has 0 aromatic heterocycles. The second-order valence-corrected chi connectivity index (χ2v) is 4.95. The van der Waals surface area contributed by atoms with Gasteiger partial charge in [-0.2, -0.15) is 5.26 Å². The Balaban J connectivity index is 1.76. The van der Waals surface area contributed by atoms with Gasteiger partial charge in [-0.15, -0.1) is 0 Å². The van der Waals surface area contributed by atoms with Gasteiger partial charge in [-0.05, 0) is 36.6 Å². The number of anilines is 2. The molecule has 4 heteroatoms. The Kier molecular flexibility index (Phi) is 5.05. The second kappa shape index (κ2) is 7.01. The summed E-state index contributed by atoms with van der Waals surface area (Å²) in [5, 5.41) is 12.0. The van der Waals surface area contributed by atoms with Crippen molar-refractivity contribution in [1.29, 1.82) is 5.26 Å². The lowest BCUT2D eigenvalue weighted by Gasteiger charge is -2.13. The Morgan fingerprint density at radius 2 is 2.16 bits per heavy atom. The van der Waals surface area contributed by atoms with Gasteiger partial charge in [0.15, 0.2) is 0 Å². The van der Waals surface area contributed by atoms with Crippen LogP contribution in [-0.4, -0.2) is 19.3 Å². The summed E-state index contributed by atoms with van der Waals surface area (Å²) in [6.45, 7) is 1.51. The first-order valence-corrected chi connectivity index (χ1v) is 6.90. The third-order valence-corrected chi connectivity index (χ3v) is 3.50. The molecule has 1 aromatic carbocycles. The fourth-order valence-corrected chi connectivity index (χ4v) is 2.43. The third kappa shape index (κ3) is 4.15. The number of nitrogens with zero attached hydrogens (tertiary/aromatic N) is 1. The molecule has 1 saturated carbocycles. The Morgan fingerprint density at radius 3 is 2.89 bits per heavy atom. The minimum atomic E-state index is 0.347. The monoisotopic (exact) mass is 259 g/mol. The van der Waals surface area contributed by atoms with Crippen LogP contribution in [0.15, 0.2) is 18.2 Å². The van der Waals surface area contributed by atoms with Crippen molar-refractivity contribution in [2.75, 3.05) is 24.2 Å². The van der Waals surface area contributed by atoms with Crippen molar-refractivity contribution in [2.24, 2.45) is 0 Å². The van der Waals surface area contributed by atoms with E-state index in [9.17, 15) is 0 Å². The van der Waals surface area contributed by atoms with Crippen LogP contribution in [-0.2, 0) is 11.2 Å². The van der Waals surface area contributed by atoms with Gasteiger partial charge in [0.1, 0.15) is 0 Å². The van der Waals surface area contributed by atoms with E-state index < -0.39 is 0 Å². The molecule has 0 aliphatic heterocycles. The normalized spacial score (nSPS) is 15.3. The maximum Gasteiger partial charge on any atom is 0.0670 e. The zero-order valence-corrected chi connectivity index (χ0v) is 11.2.